The number of methoxy groups -OCH3 is 1. The Bertz CT molecular complexity index is 720. The smallest absolute Gasteiger partial charge is 0.241 e. The second kappa shape index (κ2) is 10.3. The summed E-state index contributed by atoms with van der Waals surface area (Å²) in [5.41, 5.74) is 0.746. The molecule has 166 valence electrons. The highest BCUT2D eigenvalue weighted by Gasteiger charge is 2.35. The van der Waals surface area contributed by atoms with Crippen LogP contribution in [-0.4, -0.2) is 60.9 Å². The number of anilines is 1. The van der Waals surface area contributed by atoms with Crippen molar-refractivity contribution >= 4 is 17.5 Å². The normalized spacial score (nSPS) is 24.3. The highest BCUT2D eigenvalue weighted by Crippen LogP contribution is 2.27. The number of piperidine rings is 2. The van der Waals surface area contributed by atoms with Crippen LogP contribution in [0.1, 0.15) is 46.5 Å². The Labute approximate surface area is 180 Å². The lowest BCUT2D eigenvalue weighted by Crippen LogP contribution is -2.51. The molecule has 2 saturated heterocycles. The largest absolute Gasteiger partial charge is 0.497 e. The van der Waals surface area contributed by atoms with Gasteiger partial charge in [0, 0.05) is 30.8 Å². The van der Waals surface area contributed by atoms with Crippen LogP contribution in [0.5, 0.6) is 5.75 Å². The van der Waals surface area contributed by atoms with Crippen molar-refractivity contribution in [3.63, 3.8) is 0 Å². The van der Waals surface area contributed by atoms with Crippen LogP contribution < -0.4 is 10.1 Å². The zero-order valence-electron chi connectivity index (χ0n) is 18.9. The molecule has 0 spiro atoms. The van der Waals surface area contributed by atoms with Gasteiger partial charge in [0.1, 0.15) is 5.75 Å². The van der Waals surface area contributed by atoms with Crippen molar-refractivity contribution in [1.29, 1.82) is 0 Å². The number of likely N-dealkylation sites (tertiary alicyclic amines) is 2. The third-order valence-corrected chi connectivity index (χ3v) is 6.53. The van der Waals surface area contributed by atoms with Crippen LogP contribution in [0.4, 0.5) is 5.69 Å². The summed E-state index contributed by atoms with van der Waals surface area (Å²) in [6, 6.07) is 7.25. The molecule has 6 nitrogen and oxygen atoms in total. The number of nitrogens with one attached hydrogen (secondary N) is 1. The summed E-state index contributed by atoms with van der Waals surface area (Å²) in [5, 5.41) is 3.02. The lowest BCUT2D eigenvalue weighted by atomic mass is 9.88. The van der Waals surface area contributed by atoms with Gasteiger partial charge in [-0.1, -0.05) is 26.8 Å². The molecule has 1 aromatic rings. The number of amides is 2. The first-order valence-electron chi connectivity index (χ1n) is 11.4. The molecule has 3 atom stereocenters. The molecule has 2 heterocycles. The first kappa shape index (κ1) is 22.6. The molecule has 1 aromatic carbocycles. The molecule has 2 fully saturated rings. The average Bonchev–Trinajstić information content (AvgIpc) is 2.73. The number of nitrogens with zero attached hydrogens (tertiary/aromatic N) is 2. The van der Waals surface area contributed by atoms with Crippen molar-refractivity contribution in [2.45, 2.75) is 52.5 Å². The highest BCUT2D eigenvalue weighted by molar-refractivity contribution is 5.95. The molecule has 0 aromatic heterocycles. The third-order valence-electron chi connectivity index (χ3n) is 6.53. The Hall–Kier alpha value is -2.08. The first-order valence-corrected chi connectivity index (χ1v) is 11.4. The second-order valence-corrected chi connectivity index (χ2v) is 9.14. The predicted octanol–water partition coefficient (Wildman–Crippen LogP) is 3.63. The number of carbonyl (C=O) groups excluding carboxylic acids is 2. The van der Waals surface area contributed by atoms with Crippen molar-refractivity contribution < 1.29 is 14.3 Å². The van der Waals surface area contributed by atoms with Crippen LogP contribution in [-0.2, 0) is 9.59 Å². The van der Waals surface area contributed by atoms with Crippen LogP contribution >= 0.6 is 0 Å². The minimum Gasteiger partial charge on any atom is -0.497 e. The Morgan fingerprint density at radius 1 is 1.17 bits per heavy atom. The van der Waals surface area contributed by atoms with E-state index in [0.717, 1.165) is 56.9 Å². The van der Waals surface area contributed by atoms with Crippen LogP contribution in [0.3, 0.4) is 0 Å². The van der Waals surface area contributed by atoms with E-state index in [0.29, 0.717) is 17.7 Å². The van der Waals surface area contributed by atoms with E-state index in [4.69, 9.17) is 4.74 Å². The van der Waals surface area contributed by atoms with Crippen molar-refractivity contribution in [3.05, 3.63) is 24.3 Å². The molecular weight excluding hydrogens is 378 g/mol. The van der Waals surface area contributed by atoms with Crippen LogP contribution in [0, 0.1) is 17.8 Å². The Morgan fingerprint density at radius 3 is 2.43 bits per heavy atom. The van der Waals surface area contributed by atoms with E-state index in [1.165, 1.54) is 6.42 Å². The van der Waals surface area contributed by atoms with E-state index in [-0.39, 0.29) is 17.9 Å². The lowest BCUT2D eigenvalue weighted by Gasteiger charge is -2.40. The van der Waals surface area contributed by atoms with Gasteiger partial charge in [-0.15, -0.1) is 0 Å². The van der Waals surface area contributed by atoms with Crippen molar-refractivity contribution in [2.75, 3.05) is 38.6 Å². The maximum absolute atomic E-state index is 13.0. The van der Waals surface area contributed by atoms with Gasteiger partial charge in [0.15, 0.2) is 0 Å². The molecule has 30 heavy (non-hydrogen) atoms. The molecule has 6 heteroatoms. The van der Waals surface area contributed by atoms with Crippen molar-refractivity contribution in [2.24, 2.45) is 17.8 Å². The zero-order chi connectivity index (χ0) is 21.7. The quantitative estimate of drug-likeness (QED) is 0.771. The SMILES string of the molecule is CC[C@H](C(=O)Nc1cccc(OC)c1)N1CCC(C(=O)N2C[C@H](C)C[C@@H](C)C2)CC1. The topological polar surface area (TPSA) is 61.9 Å². The molecule has 0 saturated carbocycles. The van der Waals surface area contributed by atoms with Crippen LogP contribution in [0.25, 0.3) is 0 Å². The highest BCUT2D eigenvalue weighted by atomic mass is 16.5. The second-order valence-electron chi connectivity index (χ2n) is 9.14. The van der Waals surface area contributed by atoms with Gasteiger partial charge in [-0.25, -0.2) is 0 Å². The fourth-order valence-corrected chi connectivity index (χ4v) is 5.09. The van der Waals surface area contributed by atoms with Crippen LogP contribution in [0.2, 0.25) is 0 Å². The number of benzene rings is 1. The molecule has 0 unspecified atom stereocenters. The van der Waals surface area contributed by atoms with E-state index in [1.54, 1.807) is 7.11 Å². The Morgan fingerprint density at radius 2 is 1.83 bits per heavy atom. The molecule has 0 bridgehead atoms. The molecule has 0 aliphatic carbocycles. The standard InChI is InChI=1S/C24H37N3O3/c1-5-22(23(28)25-20-7-6-8-21(14-20)30-4)26-11-9-19(10-12-26)24(29)27-15-17(2)13-18(3)16-27/h6-8,14,17-19,22H,5,9-13,15-16H2,1-4H3,(H,25,28)/t17-,18-,22-/m1/s1. The van der Waals surface area contributed by atoms with Crippen molar-refractivity contribution in [1.82, 2.24) is 9.80 Å². The van der Waals surface area contributed by atoms with E-state index in [2.05, 4.69) is 29.0 Å². The Kier molecular flexibility index (Phi) is 7.75. The van der Waals surface area contributed by atoms with E-state index >= 15 is 0 Å². The van der Waals surface area contributed by atoms with Crippen LogP contribution in [0.15, 0.2) is 24.3 Å². The summed E-state index contributed by atoms with van der Waals surface area (Å²) in [7, 11) is 1.62. The van der Waals surface area contributed by atoms with E-state index < -0.39 is 0 Å². The molecule has 0 radical (unpaired) electrons. The summed E-state index contributed by atoms with van der Waals surface area (Å²) < 4.78 is 5.24. The van der Waals surface area contributed by atoms with Gasteiger partial charge in [-0.05, 0) is 62.7 Å². The summed E-state index contributed by atoms with van der Waals surface area (Å²) in [6.45, 7) is 9.90. The van der Waals surface area contributed by atoms with Gasteiger partial charge in [0.2, 0.25) is 11.8 Å². The minimum atomic E-state index is -0.178. The first-order chi connectivity index (χ1) is 14.4. The lowest BCUT2D eigenvalue weighted by molar-refractivity contribution is -0.140. The fourth-order valence-electron chi connectivity index (χ4n) is 5.09. The number of ether oxygens (including phenoxy) is 1. The molecule has 2 aliphatic rings. The maximum Gasteiger partial charge on any atom is 0.241 e. The number of hydrogen-bond donors (Lipinski definition) is 1. The molecule has 2 amide bonds. The third kappa shape index (κ3) is 5.54. The summed E-state index contributed by atoms with van der Waals surface area (Å²) >= 11 is 0. The molecule has 3 rings (SSSR count). The maximum atomic E-state index is 13.0. The van der Waals surface area contributed by atoms with Gasteiger partial charge in [0.25, 0.3) is 0 Å². The molecule has 2 aliphatic heterocycles. The number of rotatable bonds is 6. The predicted molar refractivity (Wildman–Crippen MR) is 120 cm³/mol. The molecule has 1 N–H and O–H groups in total. The Balaban J connectivity index is 1.54. The average molecular weight is 416 g/mol. The van der Waals surface area contributed by atoms with Gasteiger partial charge in [-0.2, -0.15) is 0 Å². The summed E-state index contributed by atoms with van der Waals surface area (Å²) in [5.74, 6) is 2.32. The van der Waals surface area contributed by atoms with Gasteiger partial charge >= 0.3 is 0 Å². The molecular formula is C24H37N3O3. The van der Waals surface area contributed by atoms with Crippen molar-refractivity contribution in [3.8, 4) is 5.75 Å². The zero-order valence-corrected chi connectivity index (χ0v) is 18.9. The fraction of sp³-hybridized carbons (Fsp3) is 0.667. The number of carbonyl (C=O) groups is 2. The summed E-state index contributed by atoms with van der Waals surface area (Å²) in [6.07, 6.45) is 3.63. The van der Waals surface area contributed by atoms with Gasteiger partial charge in [0.05, 0.1) is 13.2 Å². The monoisotopic (exact) mass is 415 g/mol. The summed E-state index contributed by atoms with van der Waals surface area (Å²) in [4.78, 5) is 30.3. The minimum absolute atomic E-state index is 0.00853. The van der Waals surface area contributed by atoms with Gasteiger partial charge in [-0.3, -0.25) is 14.5 Å². The number of hydrogen-bond acceptors (Lipinski definition) is 4. The van der Waals surface area contributed by atoms with Gasteiger partial charge < -0.3 is 15.0 Å². The van der Waals surface area contributed by atoms with E-state index in [9.17, 15) is 9.59 Å². The van der Waals surface area contributed by atoms with E-state index in [1.807, 2.05) is 31.2 Å².